The Bertz CT molecular complexity index is 1250. The summed E-state index contributed by atoms with van der Waals surface area (Å²) in [7, 11) is 3.47. The van der Waals surface area contributed by atoms with Gasteiger partial charge in [0, 0.05) is 37.0 Å². The van der Waals surface area contributed by atoms with Gasteiger partial charge in [-0.2, -0.15) is 5.10 Å². The number of amides is 4. The van der Waals surface area contributed by atoms with Gasteiger partial charge in [0.2, 0.25) is 6.41 Å². The molecular formula is C25H27N5O4. The molecule has 3 aromatic rings. The Labute approximate surface area is 197 Å². The molecule has 2 heterocycles. The van der Waals surface area contributed by atoms with Crippen LogP contribution >= 0.6 is 0 Å². The van der Waals surface area contributed by atoms with E-state index in [4.69, 9.17) is 4.74 Å². The highest BCUT2D eigenvalue weighted by molar-refractivity contribution is 5.98. The quantitative estimate of drug-likeness (QED) is 0.527. The topological polar surface area (TPSA) is 106 Å². The second kappa shape index (κ2) is 9.38. The van der Waals surface area contributed by atoms with Crippen LogP contribution in [-0.4, -0.2) is 46.7 Å². The lowest BCUT2D eigenvalue weighted by Crippen LogP contribution is -2.42. The lowest BCUT2D eigenvalue weighted by molar-refractivity contribution is -0.108. The third kappa shape index (κ3) is 4.36. The number of ether oxygens (including phenoxy) is 1. The Morgan fingerprint density at radius 1 is 1.21 bits per heavy atom. The van der Waals surface area contributed by atoms with Crippen LogP contribution < -0.4 is 15.4 Å². The molecule has 0 saturated carbocycles. The zero-order valence-corrected chi connectivity index (χ0v) is 19.6. The normalized spacial score (nSPS) is 13.4. The van der Waals surface area contributed by atoms with Gasteiger partial charge in [-0.1, -0.05) is 30.3 Å². The molecule has 0 aliphatic carbocycles. The summed E-state index contributed by atoms with van der Waals surface area (Å²) in [6.07, 6.45) is 0.326. The number of hydrogen-bond donors (Lipinski definition) is 2. The zero-order valence-electron chi connectivity index (χ0n) is 19.6. The van der Waals surface area contributed by atoms with Gasteiger partial charge < -0.3 is 15.0 Å². The Hall–Kier alpha value is -4.14. The van der Waals surface area contributed by atoms with Crippen LogP contribution in [0.2, 0.25) is 0 Å². The fraction of sp³-hybridized carbons (Fsp3) is 0.280. The molecule has 1 aliphatic rings. The van der Waals surface area contributed by atoms with Crippen molar-refractivity contribution in [3.63, 3.8) is 0 Å². The van der Waals surface area contributed by atoms with Crippen LogP contribution in [0.4, 0.5) is 4.79 Å². The third-order valence-corrected chi connectivity index (χ3v) is 6.20. The third-order valence-electron chi connectivity index (χ3n) is 6.20. The first-order valence-electron chi connectivity index (χ1n) is 10.9. The summed E-state index contributed by atoms with van der Waals surface area (Å²) in [5.41, 5.74) is 6.37. The van der Waals surface area contributed by atoms with Gasteiger partial charge in [0.05, 0.1) is 18.8 Å². The van der Waals surface area contributed by atoms with Crippen molar-refractivity contribution < 1.29 is 19.1 Å². The van der Waals surface area contributed by atoms with Gasteiger partial charge in [0.1, 0.15) is 5.75 Å². The molecule has 4 amide bonds. The van der Waals surface area contributed by atoms with E-state index in [2.05, 4.69) is 15.7 Å². The molecule has 0 radical (unpaired) electrons. The molecule has 0 unspecified atom stereocenters. The van der Waals surface area contributed by atoms with E-state index in [1.54, 1.807) is 18.1 Å². The summed E-state index contributed by atoms with van der Waals surface area (Å²) in [4.78, 5) is 37.6. The van der Waals surface area contributed by atoms with E-state index in [1.165, 1.54) is 0 Å². The number of benzene rings is 2. The summed E-state index contributed by atoms with van der Waals surface area (Å²) in [6.45, 7) is 4.66. The average Bonchev–Trinajstić information content (AvgIpc) is 3.27. The molecule has 1 aliphatic heterocycles. The van der Waals surface area contributed by atoms with Crippen molar-refractivity contribution in [3.8, 4) is 16.9 Å². The smallest absolute Gasteiger partial charge is 0.321 e. The van der Waals surface area contributed by atoms with Crippen LogP contribution in [0, 0.1) is 13.8 Å². The van der Waals surface area contributed by atoms with Crippen molar-refractivity contribution in [1.82, 2.24) is 25.3 Å². The number of fused-ring (bicyclic) bond motifs is 1. The van der Waals surface area contributed by atoms with Gasteiger partial charge in [0.15, 0.2) is 0 Å². The first-order valence-corrected chi connectivity index (χ1v) is 10.9. The van der Waals surface area contributed by atoms with Gasteiger partial charge >= 0.3 is 6.03 Å². The van der Waals surface area contributed by atoms with Crippen LogP contribution in [-0.2, 0) is 18.4 Å². The van der Waals surface area contributed by atoms with Crippen molar-refractivity contribution in [2.75, 3.05) is 13.7 Å². The van der Waals surface area contributed by atoms with Gasteiger partial charge in [-0.3, -0.25) is 19.6 Å². The molecule has 0 saturated heterocycles. The van der Waals surface area contributed by atoms with Gasteiger partial charge in [-0.25, -0.2) is 4.79 Å². The molecule has 176 valence electrons. The molecule has 2 N–H and O–H groups in total. The first-order chi connectivity index (χ1) is 16.3. The number of methoxy groups -OCH3 is 1. The van der Waals surface area contributed by atoms with Crippen molar-refractivity contribution in [2.45, 2.75) is 26.4 Å². The fourth-order valence-electron chi connectivity index (χ4n) is 4.40. The number of carbonyl (C=O) groups excluding carboxylic acids is 3. The number of hydrogen-bond acceptors (Lipinski definition) is 5. The van der Waals surface area contributed by atoms with Crippen molar-refractivity contribution >= 4 is 18.3 Å². The minimum atomic E-state index is -0.631. The lowest BCUT2D eigenvalue weighted by Gasteiger charge is -2.25. The number of nitrogens with one attached hydrogen (secondary N) is 2. The molecule has 34 heavy (non-hydrogen) atoms. The standard InChI is InChI=1S/C25H27N5O4/c1-15-23(16(2)29(3)28-15)18-7-5-17(6-8-18)22(27-25(33)26-14-31)13-30-12-19-9-10-20(34-4)11-21(19)24(30)32/h5-11,14,22H,12-13H2,1-4H3,(H2,26,27,31,33)/t22-/m0/s1. The number of rotatable bonds is 7. The Morgan fingerprint density at radius 2 is 1.94 bits per heavy atom. The summed E-state index contributed by atoms with van der Waals surface area (Å²) in [5, 5.41) is 9.39. The lowest BCUT2D eigenvalue weighted by atomic mass is 9.99. The van der Waals surface area contributed by atoms with Crippen LogP contribution in [0.5, 0.6) is 5.75 Å². The van der Waals surface area contributed by atoms with E-state index in [9.17, 15) is 14.4 Å². The molecule has 0 fully saturated rings. The minimum absolute atomic E-state index is 0.130. The number of carbonyl (C=O) groups is 3. The van der Waals surface area contributed by atoms with Crippen LogP contribution in [0.15, 0.2) is 42.5 Å². The maximum absolute atomic E-state index is 13.0. The van der Waals surface area contributed by atoms with Crippen LogP contribution in [0.3, 0.4) is 0 Å². The van der Waals surface area contributed by atoms with Crippen LogP contribution in [0.1, 0.15) is 38.9 Å². The number of aromatic nitrogens is 2. The SMILES string of the molecule is COc1ccc2c(c1)C(=O)N(C[C@H](NC(=O)NC=O)c1ccc(-c3c(C)nn(C)c3C)cc1)C2. The van der Waals surface area contributed by atoms with Crippen molar-refractivity contribution in [3.05, 3.63) is 70.5 Å². The zero-order chi connectivity index (χ0) is 24.4. The monoisotopic (exact) mass is 461 g/mol. The maximum Gasteiger partial charge on any atom is 0.321 e. The molecule has 2 aromatic carbocycles. The average molecular weight is 462 g/mol. The second-order valence-electron chi connectivity index (χ2n) is 8.29. The fourth-order valence-corrected chi connectivity index (χ4v) is 4.40. The Morgan fingerprint density at radius 3 is 2.56 bits per heavy atom. The molecule has 0 spiro atoms. The highest BCUT2D eigenvalue weighted by atomic mass is 16.5. The number of imide groups is 1. The summed E-state index contributed by atoms with van der Waals surface area (Å²) in [5.74, 6) is 0.486. The highest BCUT2D eigenvalue weighted by Crippen LogP contribution is 2.30. The van der Waals surface area contributed by atoms with Gasteiger partial charge in [-0.05, 0) is 42.7 Å². The van der Waals surface area contributed by atoms with E-state index < -0.39 is 12.1 Å². The van der Waals surface area contributed by atoms with E-state index in [0.717, 1.165) is 33.6 Å². The van der Waals surface area contributed by atoms with Crippen molar-refractivity contribution in [1.29, 1.82) is 0 Å². The number of aryl methyl sites for hydroxylation is 2. The molecule has 9 nitrogen and oxygen atoms in total. The summed E-state index contributed by atoms with van der Waals surface area (Å²) in [6, 6.07) is 12.1. The summed E-state index contributed by atoms with van der Waals surface area (Å²) < 4.78 is 7.09. The summed E-state index contributed by atoms with van der Waals surface area (Å²) >= 11 is 0. The van der Waals surface area contributed by atoms with Crippen molar-refractivity contribution in [2.24, 2.45) is 7.05 Å². The van der Waals surface area contributed by atoms with Crippen LogP contribution in [0.25, 0.3) is 11.1 Å². The largest absolute Gasteiger partial charge is 0.497 e. The predicted octanol–water partition coefficient (Wildman–Crippen LogP) is 2.87. The minimum Gasteiger partial charge on any atom is -0.497 e. The molecule has 1 atom stereocenters. The number of nitrogens with zero attached hydrogens (tertiary/aromatic N) is 3. The molecule has 4 rings (SSSR count). The maximum atomic E-state index is 13.0. The van der Waals surface area contributed by atoms with E-state index in [1.807, 2.05) is 62.0 Å². The van der Waals surface area contributed by atoms with Gasteiger partial charge in [-0.15, -0.1) is 0 Å². The molecule has 9 heteroatoms. The first kappa shape index (κ1) is 23.0. The Balaban J connectivity index is 1.60. The van der Waals surface area contributed by atoms with Gasteiger partial charge in [0.25, 0.3) is 5.91 Å². The molecule has 0 bridgehead atoms. The Kier molecular flexibility index (Phi) is 6.36. The second-order valence-corrected chi connectivity index (χ2v) is 8.29. The van der Waals surface area contributed by atoms with E-state index in [-0.39, 0.29) is 12.5 Å². The molecular weight excluding hydrogens is 434 g/mol. The predicted molar refractivity (Wildman–Crippen MR) is 126 cm³/mol. The van der Waals surface area contributed by atoms with E-state index in [0.29, 0.717) is 24.3 Å². The van der Waals surface area contributed by atoms with E-state index >= 15 is 0 Å². The molecule has 1 aromatic heterocycles. The number of urea groups is 1. The highest BCUT2D eigenvalue weighted by Gasteiger charge is 2.30.